The molecule has 8 nitrogen and oxygen atoms in total. The van der Waals surface area contributed by atoms with Gasteiger partial charge >= 0.3 is 5.97 Å². The summed E-state index contributed by atoms with van der Waals surface area (Å²) in [4.78, 5) is 37.4. The first-order valence-corrected chi connectivity index (χ1v) is 9.02. The fourth-order valence-corrected chi connectivity index (χ4v) is 3.10. The molecular formula is C18H21NO7S. The van der Waals surface area contributed by atoms with Crippen LogP contribution in [0.2, 0.25) is 0 Å². The third-order valence-electron chi connectivity index (χ3n) is 3.87. The number of imide groups is 1. The number of phenolic OH excluding ortho intramolecular Hbond substituents is 1. The van der Waals surface area contributed by atoms with Gasteiger partial charge in [0, 0.05) is 0 Å². The van der Waals surface area contributed by atoms with Crippen molar-refractivity contribution in [3.63, 3.8) is 0 Å². The number of amides is 2. The molecular weight excluding hydrogens is 374 g/mol. The van der Waals surface area contributed by atoms with E-state index in [1.54, 1.807) is 6.92 Å². The van der Waals surface area contributed by atoms with Crippen LogP contribution in [0.1, 0.15) is 25.8 Å². The van der Waals surface area contributed by atoms with E-state index in [0.29, 0.717) is 12.0 Å². The molecule has 0 spiro atoms. The number of hydrogen-bond acceptors (Lipinski definition) is 8. The van der Waals surface area contributed by atoms with Gasteiger partial charge in [-0.25, -0.2) is 0 Å². The summed E-state index contributed by atoms with van der Waals surface area (Å²) in [6.45, 7) is 3.16. The fraction of sp³-hybridized carbons (Fsp3) is 0.389. The molecule has 1 aromatic carbocycles. The largest absolute Gasteiger partial charge is 0.502 e. The zero-order valence-electron chi connectivity index (χ0n) is 15.5. The smallest absolute Gasteiger partial charge is 0.326 e. The molecule has 0 unspecified atom stereocenters. The average Bonchev–Trinajstić information content (AvgIpc) is 2.90. The first-order valence-electron chi connectivity index (χ1n) is 8.20. The van der Waals surface area contributed by atoms with Crippen molar-refractivity contribution in [2.24, 2.45) is 0 Å². The molecule has 1 saturated heterocycles. The molecule has 1 fully saturated rings. The minimum atomic E-state index is -0.638. The summed E-state index contributed by atoms with van der Waals surface area (Å²) in [5, 5.41) is 9.39. The van der Waals surface area contributed by atoms with Gasteiger partial charge in [0.25, 0.3) is 11.1 Å². The van der Waals surface area contributed by atoms with Crippen LogP contribution in [0.25, 0.3) is 6.08 Å². The van der Waals surface area contributed by atoms with E-state index in [0.717, 1.165) is 16.7 Å². The van der Waals surface area contributed by atoms with Crippen molar-refractivity contribution in [1.29, 1.82) is 0 Å². The lowest BCUT2D eigenvalue weighted by Gasteiger charge is -2.14. The van der Waals surface area contributed by atoms with Gasteiger partial charge in [-0.1, -0.05) is 6.92 Å². The second-order valence-electron chi connectivity index (χ2n) is 5.75. The first kappa shape index (κ1) is 20.6. The Morgan fingerprint density at radius 3 is 2.37 bits per heavy atom. The number of rotatable bonds is 7. The van der Waals surface area contributed by atoms with Crippen LogP contribution in [0, 0.1) is 0 Å². The van der Waals surface area contributed by atoms with Crippen molar-refractivity contribution in [3.05, 3.63) is 22.6 Å². The second-order valence-corrected chi connectivity index (χ2v) is 6.74. The summed E-state index contributed by atoms with van der Waals surface area (Å²) in [5.74, 6) is -1.06. The summed E-state index contributed by atoms with van der Waals surface area (Å²) in [5.41, 5.74) is 0.495. The number of carbonyl (C=O) groups is 3. The molecule has 0 aliphatic carbocycles. The predicted octanol–water partition coefficient (Wildman–Crippen LogP) is 2.79. The Kier molecular flexibility index (Phi) is 6.73. The monoisotopic (exact) mass is 395 g/mol. The van der Waals surface area contributed by atoms with Gasteiger partial charge in [0.15, 0.2) is 11.5 Å². The number of thioether (sulfide) groups is 1. The number of phenols is 1. The minimum absolute atomic E-state index is 0.145. The molecule has 146 valence electrons. The maximum absolute atomic E-state index is 12.5. The van der Waals surface area contributed by atoms with Crippen LogP contribution in [0.3, 0.4) is 0 Å². The lowest BCUT2D eigenvalue weighted by atomic mass is 10.1. The standard InChI is InChI=1S/C18H21NO7S/c1-5-10(2)26-15(20)9-19-17(22)14(27-18(19)23)8-11-6-12(24-3)16(21)13(7-11)25-4/h6-8,10,21H,5,9H2,1-4H3/b14-8+/t10-/m0/s1. The highest BCUT2D eigenvalue weighted by Crippen LogP contribution is 2.39. The molecule has 0 aromatic heterocycles. The number of esters is 1. The maximum Gasteiger partial charge on any atom is 0.326 e. The SMILES string of the molecule is CC[C@H](C)OC(=O)CN1C(=O)S/C(=C/c2cc(OC)c(O)c(OC)c2)C1=O. The summed E-state index contributed by atoms with van der Waals surface area (Å²) in [6.07, 6.45) is 1.82. The Morgan fingerprint density at radius 2 is 1.85 bits per heavy atom. The van der Waals surface area contributed by atoms with Gasteiger partial charge in [-0.3, -0.25) is 19.3 Å². The highest BCUT2D eigenvalue weighted by molar-refractivity contribution is 8.18. The van der Waals surface area contributed by atoms with Crippen molar-refractivity contribution in [2.75, 3.05) is 20.8 Å². The molecule has 1 aliphatic rings. The first-order chi connectivity index (χ1) is 12.8. The Balaban J connectivity index is 2.22. The minimum Gasteiger partial charge on any atom is -0.502 e. The Morgan fingerprint density at radius 1 is 1.26 bits per heavy atom. The van der Waals surface area contributed by atoms with E-state index in [-0.39, 0.29) is 28.3 Å². The van der Waals surface area contributed by atoms with Crippen molar-refractivity contribution in [2.45, 2.75) is 26.4 Å². The zero-order chi connectivity index (χ0) is 20.1. The molecule has 1 aliphatic heterocycles. The van der Waals surface area contributed by atoms with E-state index >= 15 is 0 Å². The number of hydrogen-bond donors (Lipinski definition) is 1. The van der Waals surface area contributed by atoms with Crippen LogP contribution >= 0.6 is 11.8 Å². The summed E-state index contributed by atoms with van der Waals surface area (Å²) in [7, 11) is 2.77. The average molecular weight is 395 g/mol. The number of methoxy groups -OCH3 is 2. The molecule has 2 amide bonds. The van der Waals surface area contributed by atoms with Gasteiger partial charge in [-0.05, 0) is 48.9 Å². The van der Waals surface area contributed by atoms with E-state index in [2.05, 4.69) is 0 Å². The van der Waals surface area contributed by atoms with Crippen molar-refractivity contribution in [1.82, 2.24) is 4.90 Å². The van der Waals surface area contributed by atoms with Crippen molar-refractivity contribution in [3.8, 4) is 17.2 Å². The molecule has 0 bridgehead atoms. The third-order valence-corrected chi connectivity index (χ3v) is 4.78. The quantitative estimate of drug-likeness (QED) is 0.555. The highest BCUT2D eigenvalue weighted by Gasteiger charge is 2.37. The van der Waals surface area contributed by atoms with E-state index < -0.39 is 23.7 Å². The number of benzene rings is 1. The molecule has 1 heterocycles. The van der Waals surface area contributed by atoms with Gasteiger partial charge in [-0.2, -0.15) is 0 Å². The summed E-state index contributed by atoms with van der Waals surface area (Å²) >= 11 is 0.721. The van der Waals surface area contributed by atoms with Gasteiger partial charge in [-0.15, -0.1) is 0 Å². The van der Waals surface area contributed by atoms with Crippen LogP contribution in [0.15, 0.2) is 17.0 Å². The Bertz CT molecular complexity index is 765. The Hall–Kier alpha value is -2.68. The molecule has 1 atom stereocenters. The van der Waals surface area contributed by atoms with Crippen LogP contribution in [-0.2, 0) is 14.3 Å². The highest BCUT2D eigenvalue weighted by atomic mass is 32.2. The molecule has 0 saturated carbocycles. The van der Waals surface area contributed by atoms with E-state index in [1.165, 1.54) is 32.4 Å². The molecule has 2 rings (SSSR count). The molecule has 1 aromatic rings. The molecule has 1 N–H and O–H groups in total. The molecule has 27 heavy (non-hydrogen) atoms. The Labute approximate surface area is 161 Å². The normalized spacial score (nSPS) is 16.6. The lowest BCUT2D eigenvalue weighted by Crippen LogP contribution is -2.35. The van der Waals surface area contributed by atoms with Crippen LogP contribution in [0.4, 0.5) is 4.79 Å². The van der Waals surface area contributed by atoms with Crippen LogP contribution < -0.4 is 9.47 Å². The van der Waals surface area contributed by atoms with Gasteiger partial charge in [0.1, 0.15) is 6.54 Å². The van der Waals surface area contributed by atoms with Crippen molar-refractivity contribution >= 4 is 35.0 Å². The maximum atomic E-state index is 12.5. The van der Waals surface area contributed by atoms with Gasteiger partial charge < -0.3 is 19.3 Å². The van der Waals surface area contributed by atoms with Gasteiger partial charge in [0.2, 0.25) is 5.75 Å². The number of nitrogens with zero attached hydrogens (tertiary/aromatic N) is 1. The second kappa shape index (κ2) is 8.81. The topological polar surface area (TPSA) is 102 Å². The zero-order valence-corrected chi connectivity index (χ0v) is 16.3. The fourth-order valence-electron chi connectivity index (χ4n) is 2.26. The van der Waals surface area contributed by atoms with Gasteiger partial charge in [0.05, 0.1) is 25.2 Å². The van der Waals surface area contributed by atoms with Crippen LogP contribution in [-0.4, -0.2) is 54.0 Å². The van der Waals surface area contributed by atoms with Crippen molar-refractivity contribution < 1.29 is 33.7 Å². The molecule has 0 radical (unpaired) electrons. The van der Waals surface area contributed by atoms with E-state index in [4.69, 9.17) is 14.2 Å². The third kappa shape index (κ3) is 4.73. The summed E-state index contributed by atoms with van der Waals surface area (Å²) < 4.78 is 15.3. The summed E-state index contributed by atoms with van der Waals surface area (Å²) in [6, 6.07) is 3.01. The number of carbonyl (C=O) groups excluding carboxylic acids is 3. The number of aromatic hydroxyl groups is 1. The molecule has 9 heteroatoms. The van der Waals surface area contributed by atoms with Crippen LogP contribution in [0.5, 0.6) is 17.2 Å². The van der Waals surface area contributed by atoms with E-state index in [9.17, 15) is 19.5 Å². The predicted molar refractivity (Wildman–Crippen MR) is 99.7 cm³/mol. The lowest BCUT2D eigenvalue weighted by molar-refractivity contribution is -0.150. The van der Waals surface area contributed by atoms with E-state index in [1.807, 2.05) is 6.92 Å². The number of ether oxygens (including phenoxy) is 3.